The van der Waals surface area contributed by atoms with Crippen molar-refractivity contribution in [2.75, 3.05) is 6.61 Å². The van der Waals surface area contributed by atoms with E-state index in [1.54, 1.807) is 11.0 Å². The van der Waals surface area contributed by atoms with Gasteiger partial charge in [0.05, 0.1) is 17.1 Å². The maximum atomic E-state index is 13.0. The van der Waals surface area contributed by atoms with Crippen LogP contribution in [-0.4, -0.2) is 33.7 Å². The van der Waals surface area contributed by atoms with Crippen LogP contribution >= 0.6 is 11.6 Å². The van der Waals surface area contributed by atoms with Crippen LogP contribution in [0.3, 0.4) is 0 Å². The monoisotopic (exact) mass is 439 g/mol. The molecule has 1 aliphatic carbocycles. The molecule has 0 atom stereocenters. The van der Waals surface area contributed by atoms with Crippen molar-refractivity contribution in [3.63, 3.8) is 0 Å². The van der Waals surface area contributed by atoms with Gasteiger partial charge in [0, 0.05) is 6.04 Å². The summed E-state index contributed by atoms with van der Waals surface area (Å²) in [6.07, 6.45) is 1.94. The summed E-state index contributed by atoms with van der Waals surface area (Å²) in [5.41, 5.74) is 2.87. The van der Waals surface area contributed by atoms with Crippen LogP contribution in [0.15, 0.2) is 46.9 Å². The first-order chi connectivity index (χ1) is 14.9. The minimum atomic E-state index is -0.0886. The number of benzene rings is 2. The van der Waals surface area contributed by atoms with E-state index in [0.717, 1.165) is 24.2 Å². The summed E-state index contributed by atoms with van der Waals surface area (Å²) in [5, 5.41) is 8.76. The lowest BCUT2D eigenvalue weighted by Crippen LogP contribution is -2.36. The molecule has 1 fully saturated rings. The molecule has 1 amide bonds. The molecule has 1 heterocycles. The normalized spacial score (nSPS) is 13.5. The van der Waals surface area contributed by atoms with E-state index < -0.39 is 0 Å². The molecule has 0 unspecified atom stereocenters. The third-order valence-corrected chi connectivity index (χ3v) is 5.74. The predicted molar refractivity (Wildman–Crippen MR) is 119 cm³/mol. The van der Waals surface area contributed by atoms with Crippen molar-refractivity contribution >= 4 is 17.5 Å². The third-order valence-electron chi connectivity index (χ3n) is 5.41. The fourth-order valence-electron chi connectivity index (χ4n) is 3.37. The molecule has 0 radical (unpaired) electrons. The fraction of sp³-hybridized carbons (Fsp3) is 0.375. The maximum Gasteiger partial charge on any atom is 0.261 e. The zero-order valence-electron chi connectivity index (χ0n) is 18.0. The second-order valence-electron chi connectivity index (χ2n) is 8.20. The van der Waals surface area contributed by atoms with Gasteiger partial charge in [0.25, 0.3) is 5.91 Å². The zero-order valence-corrected chi connectivity index (χ0v) is 18.7. The molecule has 4 rings (SSSR count). The molecule has 7 heteroatoms. The Morgan fingerprint density at radius 2 is 2.00 bits per heavy atom. The Balaban J connectivity index is 1.44. The molecular weight excluding hydrogens is 414 g/mol. The molecule has 2 aromatic carbocycles. The number of nitrogens with zero attached hydrogens (tertiary/aromatic N) is 3. The Labute approximate surface area is 187 Å². The third kappa shape index (κ3) is 5.07. The average molecular weight is 440 g/mol. The van der Waals surface area contributed by atoms with Crippen molar-refractivity contribution in [2.45, 2.75) is 52.1 Å². The van der Waals surface area contributed by atoms with Crippen LogP contribution in [0.4, 0.5) is 0 Å². The van der Waals surface area contributed by atoms with Crippen LogP contribution in [0.5, 0.6) is 5.75 Å². The highest BCUT2D eigenvalue weighted by atomic mass is 35.5. The molecular formula is C24H26ClN3O3. The fourth-order valence-corrected chi connectivity index (χ4v) is 3.58. The first kappa shape index (κ1) is 21.4. The highest BCUT2D eigenvalue weighted by molar-refractivity contribution is 6.33. The molecule has 6 nitrogen and oxygen atoms in total. The minimum absolute atomic E-state index is 0.0234. The number of amides is 1. The Morgan fingerprint density at radius 1 is 1.23 bits per heavy atom. The van der Waals surface area contributed by atoms with Gasteiger partial charge in [0.15, 0.2) is 6.61 Å². The molecule has 0 N–H and O–H groups in total. The van der Waals surface area contributed by atoms with Gasteiger partial charge in [-0.05, 0) is 55.0 Å². The Bertz CT molecular complexity index is 1080. The van der Waals surface area contributed by atoms with Crippen molar-refractivity contribution in [3.05, 3.63) is 64.5 Å². The number of hydrogen-bond acceptors (Lipinski definition) is 5. The van der Waals surface area contributed by atoms with Crippen LogP contribution in [0.25, 0.3) is 11.5 Å². The summed E-state index contributed by atoms with van der Waals surface area (Å²) >= 11 is 6.22. The number of carbonyl (C=O) groups is 1. The quantitative estimate of drug-likeness (QED) is 0.470. The highest BCUT2D eigenvalue weighted by Crippen LogP contribution is 2.31. The SMILES string of the molecule is Cc1ccc(C(C)C)cc1OCC(=O)N(Cc1nnc(-c2ccccc2Cl)o1)C1CC1. The van der Waals surface area contributed by atoms with E-state index in [4.69, 9.17) is 20.8 Å². The van der Waals surface area contributed by atoms with Gasteiger partial charge in [-0.3, -0.25) is 4.79 Å². The largest absolute Gasteiger partial charge is 0.483 e. The smallest absolute Gasteiger partial charge is 0.261 e. The predicted octanol–water partition coefficient (Wildman–Crippen LogP) is 5.39. The summed E-state index contributed by atoms with van der Waals surface area (Å²) < 4.78 is 11.7. The average Bonchev–Trinajstić information content (AvgIpc) is 3.49. The number of halogens is 1. The Hall–Kier alpha value is -2.86. The molecule has 1 saturated carbocycles. The number of aryl methyl sites for hydroxylation is 1. The van der Waals surface area contributed by atoms with E-state index in [0.29, 0.717) is 28.3 Å². The maximum absolute atomic E-state index is 13.0. The number of ether oxygens (including phenoxy) is 1. The lowest BCUT2D eigenvalue weighted by atomic mass is 10.0. The molecule has 0 saturated heterocycles. The van der Waals surface area contributed by atoms with E-state index in [9.17, 15) is 4.79 Å². The van der Waals surface area contributed by atoms with Gasteiger partial charge in [0.2, 0.25) is 11.8 Å². The van der Waals surface area contributed by atoms with E-state index in [2.05, 4.69) is 30.1 Å². The van der Waals surface area contributed by atoms with Crippen molar-refractivity contribution < 1.29 is 13.9 Å². The number of carbonyl (C=O) groups excluding carboxylic acids is 1. The second-order valence-corrected chi connectivity index (χ2v) is 8.61. The Kier molecular flexibility index (Phi) is 6.28. The van der Waals surface area contributed by atoms with Crippen LogP contribution < -0.4 is 4.74 Å². The van der Waals surface area contributed by atoms with Crippen molar-refractivity contribution in [1.82, 2.24) is 15.1 Å². The summed E-state index contributed by atoms with van der Waals surface area (Å²) in [7, 11) is 0. The minimum Gasteiger partial charge on any atom is -0.483 e. The lowest BCUT2D eigenvalue weighted by molar-refractivity contribution is -0.134. The summed E-state index contributed by atoms with van der Waals surface area (Å²) in [6.45, 7) is 6.49. The van der Waals surface area contributed by atoms with Gasteiger partial charge in [-0.1, -0.05) is 49.7 Å². The first-order valence-corrected chi connectivity index (χ1v) is 10.9. The molecule has 162 valence electrons. The standard InChI is InChI=1S/C24H26ClN3O3/c1-15(2)17-9-8-16(3)21(12-17)30-14-23(29)28(18-10-11-18)13-22-26-27-24(31-22)19-6-4-5-7-20(19)25/h4-9,12,15,18H,10-11,13-14H2,1-3H3. The molecule has 0 bridgehead atoms. The van der Waals surface area contributed by atoms with Crippen molar-refractivity contribution in [3.8, 4) is 17.2 Å². The number of rotatable bonds is 8. The zero-order chi connectivity index (χ0) is 22.0. The van der Waals surface area contributed by atoms with Crippen LogP contribution in [-0.2, 0) is 11.3 Å². The van der Waals surface area contributed by atoms with Gasteiger partial charge in [-0.2, -0.15) is 0 Å². The van der Waals surface area contributed by atoms with Crippen LogP contribution in [0.2, 0.25) is 5.02 Å². The van der Waals surface area contributed by atoms with Gasteiger partial charge in [-0.15, -0.1) is 10.2 Å². The molecule has 3 aromatic rings. The van der Waals surface area contributed by atoms with Gasteiger partial charge in [-0.25, -0.2) is 0 Å². The summed E-state index contributed by atoms with van der Waals surface area (Å²) in [6, 6.07) is 13.6. The van der Waals surface area contributed by atoms with Gasteiger partial charge in [0.1, 0.15) is 5.75 Å². The van der Waals surface area contributed by atoms with E-state index >= 15 is 0 Å². The van der Waals surface area contributed by atoms with E-state index in [-0.39, 0.29) is 25.1 Å². The van der Waals surface area contributed by atoms with Crippen molar-refractivity contribution in [1.29, 1.82) is 0 Å². The highest BCUT2D eigenvalue weighted by Gasteiger charge is 2.34. The topological polar surface area (TPSA) is 68.5 Å². The lowest BCUT2D eigenvalue weighted by Gasteiger charge is -2.21. The second kappa shape index (κ2) is 9.10. The Morgan fingerprint density at radius 3 is 2.71 bits per heavy atom. The van der Waals surface area contributed by atoms with E-state index in [1.165, 1.54) is 5.56 Å². The molecule has 1 aromatic heterocycles. The summed E-state index contributed by atoms with van der Waals surface area (Å²) in [5.74, 6) is 1.78. The first-order valence-electron chi connectivity index (χ1n) is 10.5. The molecule has 0 aliphatic heterocycles. The number of hydrogen-bond donors (Lipinski definition) is 0. The van der Waals surface area contributed by atoms with Gasteiger partial charge >= 0.3 is 0 Å². The van der Waals surface area contributed by atoms with Crippen molar-refractivity contribution in [2.24, 2.45) is 0 Å². The van der Waals surface area contributed by atoms with Gasteiger partial charge < -0.3 is 14.1 Å². The summed E-state index contributed by atoms with van der Waals surface area (Å²) in [4.78, 5) is 14.7. The van der Waals surface area contributed by atoms with Crippen LogP contribution in [0, 0.1) is 6.92 Å². The molecule has 0 spiro atoms. The molecule has 31 heavy (non-hydrogen) atoms. The number of aromatic nitrogens is 2. The van der Waals surface area contributed by atoms with Crippen LogP contribution in [0.1, 0.15) is 49.6 Å². The molecule has 1 aliphatic rings. The van der Waals surface area contributed by atoms with E-state index in [1.807, 2.05) is 37.3 Å².